The number of aryl methyl sites for hydroxylation is 2. The van der Waals surface area contributed by atoms with Gasteiger partial charge in [-0.05, 0) is 18.8 Å². The van der Waals surface area contributed by atoms with E-state index < -0.39 is 0 Å². The van der Waals surface area contributed by atoms with Gasteiger partial charge in [0.2, 0.25) is 0 Å². The number of nitrogens with zero attached hydrogens (tertiary/aromatic N) is 2. The van der Waals surface area contributed by atoms with Gasteiger partial charge < -0.3 is 16.2 Å². The number of nitrogens with two attached hydrogens (primary N) is 1. The van der Waals surface area contributed by atoms with Crippen molar-refractivity contribution in [2.24, 2.45) is 13.0 Å². The van der Waals surface area contributed by atoms with Crippen LogP contribution < -0.4 is 11.1 Å². The fourth-order valence-electron chi connectivity index (χ4n) is 2.08. The second-order valence-electron chi connectivity index (χ2n) is 5.09. The number of aliphatic hydroxyl groups excluding tert-OH is 1. The summed E-state index contributed by atoms with van der Waals surface area (Å²) >= 11 is 0. The van der Waals surface area contributed by atoms with Crippen molar-refractivity contribution in [1.29, 1.82) is 0 Å². The largest absolute Gasteiger partial charge is 0.396 e. The maximum Gasteiger partial charge on any atom is 0.148 e. The first kappa shape index (κ1) is 14.8. The van der Waals surface area contributed by atoms with Crippen molar-refractivity contribution in [3.63, 3.8) is 0 Å². The lowest BCUT2D eigenvalue weighted by Crippen LogP contribution is -2.28. The summed E-state index contributed by atoms with van der Waals surface area (Å²) < 4.78 is 1.80. The van der Waals surface area contributed by atoms with Crippen LogP contribution in [0, 0.1) is 5.92 Å². The first-order valence-electron chi connectivity index (χ1n) is 6.69. The standard InChI is InChI=1S/C13H26N4O/c1-5-6-11-12(14)13(17(4)16-11)15-10(7-8-18)9(2)3/h9-10,15,18H,5-8,14H2,1-4H3. The molecule has 0 saturated heterocycles. The zero-order valence-corrected chi connectivity index (χ0v) is 11.9. The third-order valence-electron chi connectivity index (χ3n) is 3.21. The number of anilines is 2. The molecule has 0 aliphatic rings. The maximum atomic E-state index is 9.10. The number of rotatable bonds is 7. The summed E-state index contributed by atoms with van der Waals surface area (Å²) in [6, 6.07) is 0.210. The first-order chi connectivity index (χ1) is 8.51. The predicted molar refractivity (Wildman–Crippen MR) is 75.6 cm³/mol. The van der Waals surface area contributed by atoms with E-state index in [-0.39, 0.29) is 12.6 Å². The Bertz CT molecular complexity index is 373. The minimum Gasteiger partial charge on any atom is -0.396 e. The van der Waals surface area contributed by atoms with E-state index in [0.717, 1.165) is 30.0 Å². The topological polar surface area (TPSA) is 76.1 Å². The smallest absolute Gasteiger partial charge is 0.148 e. The molecule has 1 aromatic rings. The average molecular weight is 254 g/mol. The molecule has 0 spiro atoms. The summed E-state index contributed by atoms with van der Waals surface area (Å²) in [5.41, 5.74) is 7.82. The van der Waals surface area contributed by atoms with E-state index in [4.69, 9.17) is 10.8 Å². The summed E-state index contributed by atoms with van der Waals surface area (Å²) in [5.74, 6) is 1.30. The van der Waals surface area contributed by atoms with E-state index in [9.17, 15) is 0 Å². The molecule has 4 N–H and O–H groups in total. The Morgan fingerprint density at radius 3 is 2.61 bits per heavy atom. The molecule has 0 aliphatic carbocycles. The predicted octanol–water partition coefficient (Wildman–Crippen LogP) is 1.77. The molecule has 0 saturated carbocycles. The zero-order valence-electron chi connectivity index (χ0n) is 11.9. The molecule has 0 aliphatic heterocycles. The van der Waals surface area contributed by atoms with Crippen molar-refractivity contribution in [3.05, 3.63) is 5.69 Å². The van der Waals surface area contributed by atoms with Gasteiger partial charge in [0.05, 0.1) is 11.4 Å². The van der Waals surface area contributed by atoms with E-state index in [1.807, 2.05) is 7.05 Å². The van der Waals surface area contributed by atoms with Gasteiger partial charge in [0, 0.05) is 19.7 Å². The van der Waals surface area contributed by atoms with Gasteiger partial charge in [0.1, 0.15) is 5.82 Å². The van der Waals surface area contributed by atoms with Gasteiger partial charge in [0.25, 0.3) is 0 Å². The molecule has 0 aromatic carbocycles. The monoisotopic (exact) mass is 254 g/mol. The molecule has 1 heterocycles. The van der Waals surface area contributed by atoms with Crippen LogP contribution in [0.2, 0.25) is 0 Å². The molecular formula is C13H26N4O. The van der Waals surface area contributed by atoms with Crippen LogP contribution in [0.15, 0.2) is 0 Å². The second-order valence-corrected chi connectivity index (χ2v) is 5.09. The lowest BCUT2D eigenvalue weighted by atomic mass is 10.0. The van der Waals surface area contributed by atoms with Crippen LogP contribution in [0.25, 0.3) is 0 Å². The Morgan fingerprint density at radius 1 is 1.44 bits per heavy atom. The SMILES string of the molecule is CCCc1nn(C)c(NC(CCO)C(C)C)c1N. The Kier molecular flexibility index (Phi) is 5.47. The third kappa shape index (κ3) is 3.38. The van der Waals surface area contributed by atoms with Gasteiger partial charge in [-0.1, -0.05) is 27.2 Å². The van der Waals surface area contributed by atoms with Gasteiger partial charge in [-0.2, -0.15) is 5.10 Å². The van der Waals surface area contributed by atoms with E-state index >= 15 is 0 Å². The first-order valence-corrected chi connectivity index (χ1v) is 6.69. The molecule has 0 amide bonds. The minimum absolute atomic E-state index is 0.176. The summed E-state index contributed by atoms with van der Waals surface area (Å²) in [6.07, 6.45) is 2.64. The van der Waals surface area contributed by atoms with Gasteiger partial charge in [-0.3, -0.25) is 4.68 Å². The Balaban J connectivity index is 2.88. The Labute approximate surface area is 109 Å². The van der Waals surface area contributed by atoms with Crippen molar-refractivity contribution in [3.8, 4) is 0 Å². The summed E-state index contributed by atoms with van der Waals surface area (Å²) in [4.78, 5) is 0. The highest BCUT2D eigenvalue weighted by molar-refractivity contribution is 5.65. The number of aromatic nitrogens is 2. The molecule has 0 bridgehead atoms. The van der Waals surface area contributed by atoms with E-state index in [0.29, 0.717) is 12.3 Å². The van der Waals surface area contributed by atoms with Crippen LogP contribution in [0.4, 0.5) is 11.5 Å². The fourth-order valence-corrected chi connectivity index (χ4v) is 2.08. The molecule has 1 atom stereocenters. The molecule has 0 radical (unpaired) electrons. The van der Waals surface area contributed by atoms with E-state index in [1.54, 1.807) is 4.68 Å². The van der Waals surface area contributed by atoms with Crippen molar-refractivity contribution in [2.45, 2.75) is 46.1 Å². The number of nitrogen functional groups attached to an aromatic ring is 1. The zero-order chi connectivity index (χ0) is 13.7. The molecule has 1 unspecified atom stereocenters. The Hall–Kier alpha value is -1.23. The van der Waals surface area contributed by atoms with Crippen molar-refractivity contribution < 1.29 is 5.11 Å². The average Bonchev–Trinajstić information content (AvgIpc) is 2.56. The van der Waals surface area contributed by atoms with Crippen molar-refractivity contribution in [2.75, 3.05) is 17.7 Å². The van der Waals surface area contributed by atoms with Crippen LogP contribution in [0.5, 0.6) is 0 Å². The van der Waals surface area contributed by atoms with Crippen LogP contribution in [-0.2, 0) is 13.5 Å². The molecule has 0 fully saturated rings. The molecule has 5 heteroatoms. The minimum atomic E-state index is 0.176. The summed E-state index contributed by atoms with van der Waals surface area (Å²) in [5, 5.41) is 16.9. The van der Waals surface area contributed by atoms with Crippen molar-refractivity contribution >= 4 is 11.5 Å². The highest BCUT2D eigenvalue weighted by Gasteiger charge is 2.18. The third-order valence-corrected chi connectivity index (χ3v) is 3.21. The normalized spacial score (nSPS) is 13.0. The van der Waals surface area contributed by atoms with Crippen LogP contribution in [0.3, 0.4) is 0 Å². The lowest BCUT2D eigenvalue weighted by Gasteiger charge is -2.23. The number of aliphatic hydroxyl groups is 1. The highest BCUT2D eigenvalue weighted by atomic mass is 16.3. The van der Waals surface area contributed by atoms with Gasteiger partial charge in [0.15, 0.2) is 0 Å². The number of hydrogen-bond donors (Lipinski definition) is 3. The molecule has 1 aromatic heterocycles. The molecule has 104 valence electrons. The summed E-state index contributed by atoms with van der Waals surface area (Å²) in [7, 11) is 1.90. The van der Waals surface area contributed by atoms with Crippen LogP contribution in [-0.4, -0.2) is 27.5 Å². The lowest BCUT2D eigenvalue weighted by molar-refractivity contribution is 0.267. The fraction of sp³-hybridized carbons (Fsp3) is 0.769. The van der Waals surface area contributed by atoms with E-state index in [2.05, 4.69) is 31.2 Å². The van der Waals surface area contributed by atoms with Gasteiger partial charge >= 0.3 is 0 Å². The van der Waals surface area contributed by atoms with Gasteiger partial charge in [-0.25, -0.2) is 0 Å². The Morgan fingerprint density at radius 2 is 2.11 bits per heavy atom. The highest BCUT2D eigenvalue weighted by Crippen LogP contribution is 2.25. The van der Waals surface area contributed by atoms with Crippen LogP contribution in [0.1, 0.15) is 39.3 Å². The second kappa shape index (κ2) is 6.64. The molecule has 1 rings (SSSR count). The molecule has 18 heavy (non-hydrogen) atoms. The molecule has 5 nitrogen and oxygen atoms in total. The van der Waals surface area contributed by atoms with Gasteiger partial charge in [-0.15, -0.1) is 0 Å². The van der Waals surface area contributed by atoms with Crippen molar-refractivity contribution in [1.82, 2.24) is 9.78 Å². The number of nitrogens with one attached hydrogen (secondary N) is 1. The quantitative estimate of drug-likeness (QED) is 0.693. The summed E-state index contributed by atoms with van der Waals surface area (Å²) in [6.45, 7) is 6.55. The van der Waals surface area contributed by atoms with E-state index in [1.165, 1.54) is 0 Å². The maximum absolute atomic E-state index is 9.10. The molecular weight excluding hydrogens is 228 g/mol. The number of hydrogen-bond acceptors (Lipinski definition) is 4. The van der Waals surface area contributed by atoms with Crippen LogP contribution >= 0.6 is 0 Å².